The lowest BCUT2D eigenvalue weighted by atomic mass is 10.0. The topological polar surface area (TPSA) is 66.8 Å². The zero-order valence-corrected chi connectivity index (χ0v) is 11.0. The molecule has 1 aromatic carbocycles. The Kier molecular flexibility index (Phi) is 5.42. The van der Waals surface area contributed by atoms with Crippen molar-refractivity contribution in [2.45, 2.75) is 32.5 Å². The first-order chi connectivity index (χ1) is 9.36. The van der Waals surface area contributed by atoms with Crippen LogP contribution in [0.5, 0.6) is 5.75 Å². The van der Waals surface area contributed by atoms with Crippen molar-refractivity contribution >= 4 is 12.4 Å². The number of hydrogen-bond donors (Lipinski definition) is 1. The van der Waals surface area contributed by atoms with Crippen LogP contribution in [-0.2, 0) is 9.59 Å². The average molecular weight is 287 g/mol. The Bertz CT molecular complexity index is 462. The van der Waals surface area contributed by atoms with Crippen LogP contribution >= 0.6 is 0 Å². The van der Waals surface area contributed by atoms with Crippen LogP contribution < -0.4 is 4.74 Å². The van der Waals surface area contributed by atoms with E-state index in [4.69, 9.17) is 0 Å². The van der Waals surface area contributed by atoms with E-state index in [2.05, 4.69) is 4.74 Å². The minimum atomic E-state index is -2.95. The Morgan fingerprint density at radius 1 is 1.30 bits per heavy atom. The first-order valence-electron chi connectivity index (χ1n) is 5.87. The fourth-order valence-electron chi connectivity index (χ4n) is 1.75. The number of nitrogens with zero attached hydrogens (tertiary/aromatic N) is 1. The quantitative estimate of drug-likeness (QED) is 0.781. The van der Waals surface area contributed by atoms with Crippen molar-refractivity contribution in [3.8, 4) is 5.75 Å². The number of aliphatic carboxylic acids is 1. The maximum atomic E-state index is 12.0. The van der Waals surface area contributed by atoms with E-state index in [1.54, 1.807) is 13.8 Å². The van der Waals surface area contributed by atoms with Crippen LogP contribution in [0.1, 0.15) is 25.5 Å². The molecule has 7 heteroatoms. The number of carbonyl (C=O) groups is 2. The van der Waals surface area contributed by atoms with Crippen molar-refractivity contribution in [1.82, 2.24) is 4.90 Å². The van der Waals surface area contributed by atoms with E-state index in [9.17, 15) is 23.5 Å². The SMILES string of the molecule is CC(C)N(C=O)C(C(=O)O)c1ccc(OC(F)F)cc1. The summed E-state index contributed by atoms with van der Waals surface area (Å²) in [5.74, 6) is -1.27. The molecular formula is C13H15F2NO4. The molecule has 1 amide bonds. The first kappa shape index (κ1) is 15.9. The molecule has 1 unspecified atom stereocenters. The molecule has 0 saturated heterocycles. The van der Waals surface area contributed by atoms with Crippen LogP contribution in [0.25, 0.3) is 0 Å². The monoisotopic (exact) mass is 287 g/mol. The molecule has 0 aliphatic carbocycles. The van der Waals surface area contributed by atoms with Crippen LogP contribution in [0.3, 0.4) is 0 Å². The third-order valence-electron chi connectivity index (χ3n) is 2.67. The van der Waals surface area contributed by atoms with Crippen LogP contribution in [0.4, 0.5) is 8.78 Å². The number of carboxylic acid groups (broad SMARTS) is 1. The number of carboxylic acids is 1. The van der Waals surface area contributed by atoms with E-state index in [1.807, 2.05) is 0 Å². The van der Waals surface area contributed by atoms with Crippen molar-refractivity contribution in [3.63, 3.8) is 0 Å². The summed E-state index contributed by atoms with van der Waals surface area (Å²) in [6.45, 7) is 0.412. The Labute approximate surface area is 114 Å². The molecule has 1 N–H and O–H groups in total. The molecule has 1 rings (SSSR count). The number of alkyl halides is 2. The molecule has 0 fully saturated rings. The van der Waals surface area contributed by atoms with Crippen molar-refractivity contribution < 1.29 is 28.2 Å². The third-order valence-corrected chi connectivity index (χ3v) is 2.67. The van der Waals surface area contributed by atoms with Gasteiger partial charge in [-0.25, -0.2) is 4.79 Å². The molecule has 0 bridgehead atoms. The number of benzene rings is 1. The van der Waals surface area contributed by atoms with Crippen molar-refractivity contribution in [3.05, 3.63) is 29.8 Å². The lowest BCUT2D eigenvalue weighted by molar-refractivity contribution is -0.148. The molecule has 0 aromatic heterocycles. The lowest BCUT2D eigenvalue weighted by Crippen LogP contribution is -2.38. The Morgan fingerprint density at radius 2 is 1.85 bits per heavy atom. The maximum absolute atomic E-state index is 12.0. The van der Waals surface area contributed by atoms with Gasteiger partial charge in [0, 0.05) is 6.04 Å². The molecule has 5 nitrogen and oxygen atoms in total. The Balaban J connectivity index is 3.04. The summed E-state index contributed by atoms with van der Waals surface area (Å²) in [4.78, 5) is 23.5. The highest BCUT2D eigenvalue weighted by Gasteiger charge is 2.28. The molecule has 0 spiro atoms. The summed E-state index contributed by atoms with van der Waals surface area (Å²) in [5.41, 5.74) is 0.305. The number of hydrogen-bond acceptors (Lipinski definition) is 3. The largest absolute Gasteiger partial charge is 0.479 e. The van der Waals surface area contributed by atoms with Crippen molar-refractivity contribution in [2.75, 3.05) is 0 Å². The summed E-state index contributed by atoms with van der Waals surface area (Å²) in [6, 6.07) is 3.67. The maximum Gasteiger partial charge on any atom is 0.387 e. The molecule has 1 aromatic rings. The number of amides is 1. The van der Waals surface area contributed by atoms with Gasteiger partial charge in [0.1, 0.15) is 5.75 Å². The summed E-state index contributed by atoms with van der Waals surface area (Å²) in [7, 11) is 0. The minimum absolute atomic E-state index is 0.0740. The van der Waals surface area contributed by atoms with Crippen molar-refractivity contribution in [1.29, 1.82) is 0 Å². The van der Waals surface area contributed by atoms with Gasteiger partial charge >= 0.3 is 12.6 Å². The van der Waals surface area contributed by atoms with E-state index in [1.165, 1.54) is 24.3 Å². The second-order valence-corrected chi connectivity index (χ2v) is 4.33. The van der Waals surface area contributed by atoms with Gasteiger partial charge in [-0.05, 0) is 31.5 Å². The van der Waals surface area contributed by atoms with Gasteiger partial charge in [-0.2, -0.15) is 8.78 Å². The molecule has 0 heterocycles. The predicted octanol–water partition coefficient (Wildman–Crippen LogP) is 2.28. The number of rotatable bonds is 7. The Hall–Kier alpha value is -2.18. The lowest BCUT2D eigenvalue weighted by Gasteiger charge is -2.28. The highest BCUT2D eigenvalue weighted by atomic mass is 19.3. The first-order valence-corrected chi connectivity index (χ1v) is 5.87. The zero-order chi connectivity index (χ0) is 15.3. The van der Waals surface area contributed by atoms with Gasteiger partial charge in [-0.3, -0.25) is 4.79 Å². The second kappa shape index (κ2) is 6.83. The van der Waals surface area contributed by atoms with Crippen LogP contribution in [0.15, 0.2) is 24.3 Å². The van der Waals surface area contributed by atoms with Gasteiger partial charge in [0.05, 0.1) is 0 Å². The molecular weight excluding hydrogens is 272 g/mol. The van der Waals surface area contributed by atoms with Crippen molar-refractivity contribution in [2.24, 2.45) is 0 Å². The third kappa shape index (κ3) is 3.91. The highest BCUT2D eigenvalue weighted by molar-refractivity contribution is 5.78. The van der Waals surface area contributed by atoms with Crippen LogP contribution in [0, 0.1) is 0 Å². The summed E-state index contributed by atoms with van der Waals surface area (Å²) in [6.07, 6.45) is 0.451. The molecule has 1 atom stereocenters. The van der Waals surface area contributed by atoms with E-state index in [0.29, 0.717) is 12.0 Å². The number of ether oxygens (including phenoxy) is 1. The molecule has 0 aliphatic rings. The van der Waals surface area contributed by atoms with E-state index in [0.717, 1.165) is 4.90 Å². The average Bonchev–Trinajstić information content (AvgIpc) is 2.35. The van der Waals surface area contributed by atoms with E-state index >= 15 is 0 Å². The molecule has 0 radical (unpaired) electrons. The zero-order valence-electron chi connectivity index (χ0n) is 11.0. The molecule has 110 valence electrons. The number of carbonyl (C=O) groups excluding carboxylic acids is 1. The summed E-state index contributed by atoms with van der Waals surface area (Å²) in [5, 5.41) is 9.24. The van der Waals surface area contributed by atoms with E-state index in [-0.39, 0.29) is 11.8 Å². The molecule has 20 heavy (non-hydrogen) atoms. The minimum Gasteiger partial charge on any atom is -0.479 e. The van der Waals surface area contributed by atoms with Gasteiger partial charge in [-0.1, -0.05) is 12.1 Å². The van der Waals surface area contributed by atoms with Gasteiger partial charge < -0.3 is 14.7 Å². The summed E-state index contributed by atoms with van der Waals surface area (Å²) < 4.78 is 28.2. The van der Waals surface area contributed by atoms with Crippen LogP contribution in [-0.4, -0.2) is 35.0 Å². The Morgan fingerprint density at radius 3 is 2.20 bits per heavy atom. The number of halogens is 2. The molecule has 0 saturated carbocycles. The van der Waals surface area contributed by atoms with Gasteiger partial charge in [0.15, 0.2) is 6.04 Å². The highest BCUT2D eigenvalue weighted by Crippen LogP contribution is 2.24. The van der Waals surface area contributed by atoms with Gasteiger partial charge in [0.25, 0.3) is 0 Å². The second-order valence-electron chi connectivity index (χ2n) is 4.33. The normalized spacial score (nSPS) is 12.3. The standard InChI is InChI=1S/C13H15F2NO4/c1-8(2)16(7-17)11(12(18)19)9-3-5-10(6-4-9)20-13(14)15/h3-8,11,13H,1-2H3,(H,18,19). The molecule has 0 aliphatic heterocycles. The fraction of sp³-hybridized carbons (Fsp3) is 0.385. The van der Waals surface area contributed by atoms with E-state index < -0.39 is 18.6 Å². The van der Waals surface area contributed by atoms with Crippen LogP contribution in [0.2, 0.25) is 0 Å². The smallest absolute Gasteiger partial charge is 0.387 e. The van der Waals surface area contributed by atoms with Gasteiger partial charge in [0.2, 0.25) is 6.41 Å². The fourth-order valence-corrected chi connectivity index (χ4v) is 1.75. The van der Waals surface area contributed by atoms with Gasteiger partial charge in [-0.15, -0.1) is 0 Å². The summed E-state index contributed by atoms with van der Waals surface area (Å²) >= 11 is 0. The predicted molar refractivity (Wildman–Crippen MR) is 66.5 cm³/mol.